The smallest absolute Gasteiger partial charge is 0.240 e. The van der Waals surface area contributed by atoms with Crippen molar-refractivity contribution in [2.75, 3.05) is 13.7 Å². The first-order valence-electron chi connectivity index (χ1n) is 7.15. The summed E-state index contributed by atoms with van der Waals surface area (Å²) in [6, 6.07) is 7.76. The predicted molar refractivity (Wildman–Crippen MR) is 81.9 cm³/mol. The molecule has 0 radical (unpaired) electrons. The first-order chi connectivity index (χ1) is 9.46. The number of carbonyl (C=O) groups excluding carboxylic acids is 1. The molecule has 112 valence electrons. The molecule has 0 aliphatic heterocycles. The number of nitrogens with one attached hydrogen (secondary N) is 2. The molecule has 0 spiro atoms. The van der Waals surface area contributed by atoms with Gasteiger partial charge in [0, 0.05) is 5.56 Å². The van der Waals surface area contributed by atoms with Crippen molar-refractivity contribution in [1.82, 2.24) is 10.6 Å². The van der Waals surface area contributed by atoms with E-state index < -0.39 is 5.54 Å². The normalized spacial score (nSPS) is 12.8. The van der Waals surface area contributed by atoms with Gasteiger partial charge in [0.2, 0.25) is 5.91 Å². The predicted octanol–water partition coefficient (Wildman–Crippen LogP) is 2.65. The largest absolute Gasteiger partial charge is 0.496 e. The summed E-state index contributed by atoms with van der Waals surface area (Å²) in [6.45, 7) is 8.58. The van der Waals surface area contributed by atoms with Crippen LogP contribution < -0.4 is 15.4 Å². The first-order valence-corrected chi connectivity index (χ1v) is 7.15. The molecule has 1 atom stereocenters. The molecule has 1 unspecified atom stereocenters. The lowest BCUT2D eigenvalue weighted by molar-refractivity contribution is -0.127. The lowest BCUT2D eigenvalue weighted by atomic mass is 9.99. The second kappa shape index (κ2) is 7.29. The molecule has 0 aliphatic rings. The molecule has 2 N–H and O–H groups in total. The van der Waals surface area contributed by atoms with Gasteiger partial charge in [-0.1, -0.05) is 32.0 Å². The zero-order valence-corrected chi connectivity index (χ0v) is 13.1. The molecule has 1 aromatic carbocycles. The monoisotopic (exact) mass is 278 g/mol. The summed E-state index contributed by atoms with van der Waals surface area (Å²) >= 11 is 0. The minimum atomic E-state index is -0.579. The van der Waals surface area contributed by atoms with Gasteiger partial charge in [0.1, 0.15) is 5.75 Å². The van der Waals surface area contributed by atoms with E-state index in [0.29, 0.717) is 0 Å². The van der Waals surface area contributed by atoms with Crippen molar-refractivity contribution in [3.05, 3.63) is 29.8 Å². The third-order valence-corrected chi connectivity index (χ3v) is 3.41. The fourth-order valence-corrected chi connectivity index (χ4v) is 2.21. The maximum atomic E-state index is 12.4. The summed E-state index contributed by atoms with van der Waals surface area (Å²) < 4.78 is 5.38. The fraction of sp³-hybridized carbons (Fsp3) is 0.562. The van der Waals surface area contributed by atoms with Crippen LogP contribution in [0.3, 0.4) is 0 Å². The maximum absolute atomic E-state index is 12.4. The van der Waals surface area contributed by atoms with Crippen LogP contribution in [0.2, 0.25) is 0 Å². The molecular weight excluding hydrogens is 252 g/mol. The van der Waals surface area contributed by atoms with Crippen LogP contribution in [-0.4, -0.2) is 25.1 Å². The van der Waals surface area contributed by atoms with E-state index in [2.05, 4.69) is 17.6 Å². The molecule has 0 fully saturated rings. The highest BCUT2D eigenvalue weighted by Crippen LogP contribution is 2.27. The molecule has 4 nitrogen and oxygen atoms in total. The Kier molecular flexibility index (Phi) is 6.02. The van der Waals surface area contributed by atoms with Gasteiger partial charge >= 0.3 is 0 Å². The van der Waals surface area contributed by atoms with Crippen molar-refractivity contribution in [2.24, 2.45) is 0 Å². The van der Waals surface area contributed by atoms with Gasteiger partial charge in [-0.3, -0.25) is 4.79 Å². The van der Waals surface area contributed by atoms with E-state index in [1.807, 2.05) is 45.0 Å². The van der Waals surface area contributed by atoms with Crippen molar-refractivity contribution in [3.8, 4) is 5.75 Å². The number of hydrogen-bond donors (Lipinski definition) is 2. The van der Waals surface area contributed by atoms with Crippen LogP contribution in [-0.2, 0) is 4.79 Å². The van der Waals surface area contributed by atoms with Gasteiger partial charge in [-0.05, 0) is 32.9 Å². The number of rotatable bonds is 7. The van der Waals surface area contributed by atoms with E-state index in [0.717, 1.165) is 24.3 Å². The van der Waals surface area contributed by atoms with Crippen LogP contribution in [0.5, 0.6) is 5.75 Å². The molecule has 0 aromatic heterocycles. The molecular formula is C16H26N2O2. The lowest BCUT2D eigenvalue weighted by Crippen LogP contribution is -2.53. The first kappa shape index (κ1) is 16.5. The summed E-state index contributed by atoms with van der Waals surface area (Å²) in [5.74, 6) is 0.804. The number of amides is 1. The molecule has 0 bridgehead atoms. The number of ether oxygens (including phenoxy) is 1. The fourth-order valence-electron chi connectivity index (χ4n) is 2.21. The Morgan fingerprint density at radius 3 is 2.50 bits per heavy atom. The summed E-state index contributed by atoms with van der Waals surface area (Å²) in [5, 5.41) is 6.29. The van der Waals surface area contributed by atoms with Crippen molar-refractivity contribution >= 4 is 5.91 Å². The lowest BCUT2D eigenvalue weighted by Gasteiger charge is -2.28. The maximum Gasteiger partial charge on any atom is 0.240 e. The van der Waals surface area contributed by atoms with Crippen LogP contribution in [0.1, 0.15) is 45.7 Å². The van der Waals surface area contributed by atoms with Gasteiger partial charge in [0.05, 0.1) is 18.7 Å². The highest BCUT2D eigenvalue weighted by molar-refractivity contribution is 5.85. The molecule has 4 heteroatoms. The molecule has 0 saturated heterocycles. The van der Waals surface area contributed by atoms with Gasteiger partial charge in [-0.25, -0.2) is 0 Å². The van der Waals surface area contributed by atoms with Crippen LogP contribution in [0.15, 0.2) is 24.3 Å². The molecule has 1 amide bonds. The molecule has 1 rings (SSSR count). The minimum Gasteiger partial charge on any atom is -0.496 e. The number of carbonyl (C=O) groups is 1. The summed E-state index contributed by atoms with van der Waals surface area (Å²) in [6.07, 6.45) is 0.814. The highest BCUT2D eigenvalue weighted by atomic mass is 16.5. The average Bonchev–Trinajstić information content (AvgIpc) is 2.44. The second-order valence-corrected chi connectivity index (χ2v) is 5.33. The Morgan fingerprint density at radius 1 is 1.30 bits per heavy atom. The third kappa shape index (κ3) is 3.97. The molecule has 20 heavy (non-hydrogen) atoms. The summed E-state index contributed by atoms with van der Waals surface area (Å²) in [5.41, 5.74) is 0.433. The van der Waals surface area contributed by atoms with Gasteiger partial charge in [-0.2, -0.15) is 0 Å². The Balaban J connectivity index is 2.90. The second-order valence-electron chi connectivity index (χ2n) is 5.33. The zero-order valence-electron chi connectivity index (χ0n) is 13.1. The van der Waals surface area contributed by atoms with Crippen molar-refractivity contribution in [3.63, 3.8) is 0 Å². The Hall–Kier alpha value is -1.55. The summed E-state index contributed by atoms with van der Waals surface area (Å²) in [4.78, 5) is 12.4. The summed E-state index contributed by atoms with van der Waals surface area (Å²) in [7, 11) is 1.65. The van der Waals surface area contributed by atoms with Gasteiger partial charge in [0.15, 0.2) is 0 Å². The number of likely N-dealkylation sites (N-methyl/N-ethyl adjacent to an activating group) is 1. The van der Waals surface area contributed by atoms with Crippen molar-refractivity contribution in [2.45, 2.75) is 45.7 Å². The molecule has 0 aliphatic carbocycles. The van der Waals surface area contributed by atoms with Crippen molar-refractivity contribution < 1.29 is 9.53 Å². The van der Waals surface area contributed by atoms with Crippen LogP contribution >= 0.6 is 0 Å². The molecule has 0 saturated carbocycles. The van der Waals surface area contributed by atoms with E-state index >= 15 is 0 Å². The van der Waals surface area contributed by atoms with Gasteiger partial charge in [-0.15, -0.1) is 0 Å². The van der Waals surface area contributed by atoms with Crippen LogP contribution in [0, 0.1) is 0 Å². The topological polar surface area (TPSA) is 50.4 Å². The van der Waals surface area contributed by atoms with Gasteiger partial charge < -0.3 is 15.4 Å². The number of para-hydroxylation sites is 1. The molecule has 0 heterocycles. The minimum absolute atomic E-state index is 0.00268. The quantitative estimate of drug-likeness (QED) is 0.806. The molecule has 1 aromatic rings. The van der Waals surface area contributed by atoms with Crippen LogP contribution in [0.4, 0.5) is 0 Å². The number of benzene rings is 1. The standard InChI is InChI=1S/C16H26N2O2/c1-6-13(12-10-8-9-11-14(12)20-5)18-15(19)16(3,4)17-7-2/h8-11,13,17H,6-7H2,1-5H3,(H,18,19). The Morgan fingerprint density at radius 2 is 1.95 bits per heavy atom. The Bertz CT molecular complexity index is 444. The van der Waals surface area contributed by atoms with Crippen LogP contribution in [0.25, 0.3) is 0 Å². The van der Waals surface area contributed by atoms with E-state index in [1.165, 1.54) is 0 Å². The van der Waals surface area contributed by atoms with E-state index in [4.69, 9.17) is 4.74 Å². The zero-order chi connectivity index (χ0) is 15.2. The van der Waals surface area contributed by atoms with E-state index in [1.54, 1.807) is 7.11 Å². The Labute approximate surface area is 121 Å². The highest BCUT2D eigenvalue weighted by Gasteiger charge is 2.28. The third-order valence-electron chi connectivity index (χ3n) is 3.41. The SMILES string of the molecule is CCNC(C)(C)C(=O)NC(CC)c1ccccc1OC. The van der Waals surface area contributed by atoms with E-state index in [-0.39, 0.29) is 11.9 Å². The van der Waals surface area contributed by atoms with Gasteiger partial charge in [0.25, 0.3) is 0 Å². The number of methoxy groups -OCH3 is 1. The number of hydrogen-bond acceptors (Lipinski definition) is 3. The van der Waals surface area contributed by atoms with E-state index in [9.17, 15) is 4.79 Å². The van der Waals surface area contributed by atoms with Crippen molar-refractivity contribution in [1.29, 1.82) is 0 Å². The average molecular weight is 278 g/mol.